The number of fused-ring (bicyclic) bond motifs is 1. The van der Waals surface area contributed by atoms with Crippen LogP contribution in [0.2, 0.25) is 0 Å². The Balaban J connectivity index is 1.62. The molecular weight excluding hydrogens is 397 g/mol. The number of hydrogen-bond donors (Lipinski definition) is 0. The molecule has 1 saturated heterocycles. The SMILES string of the molecule is CC[C@@H]1CN(n2cc3c(ccc(=O)n3C)n2)[C@@H](C)CN1C(C)c1ccc(F)cc1OC. The summed E-state index contributed by atoms with van der Waals surface area (Å²) < 4.78 is 20.8. The van der Waals surface area contributed by atoms with Gasteiger partial charge in [-0.05, 0) is 32.4 Å². The van der Waals surface area contributed by atoms with Gasteiger partial charge in [-0.1, -0.05) is 13.0 Å². The van der Waals surface area contributed by atoms with E-state index in [-0.39, 0.29) is 29.5 Å². The molecule has 1 fully saturated rings. The van der Waals surface area contributed by atoms with Gasteiger partial charge in [-0.15, -0.1) is 0 Å². The van der Waals surface area contributed by atoms with Gasteiger partial charge in [0, 0.05) is 43.4 Å². The maximum Gasteiger partial charge on any atom is 0.250 e. The van der Waals surface area contributed by atoms with Crippen molar-refractivity contribution in [1.82, 2.24) is 19.4 Å². The van der Waals surface area contributed by atoms with Crippen molar-refractivity contribution in [2.45, 2.75) is 45.3 Å². The molecule has 8 heteroatoms. The molecule has 3 atom stereocenters. The number of rotatable bonds is 5. The molecule has 7 nitrogen and oxygen atoms in total. The molecule has 0 radical (unpaired) electrons. The fourth-order valence-corrected chi connectivity index (χ4v) is 4.64. The van der Waals surface area contributed by atoms with Gasteiger partial charge in [-0.2, -0.15) is 9.89 Å². The predicted octanol–water partition coefficient (Wildman–Crippen LogP) is 3.06. The van der Waals surface area contributed by atoms with Gasteiger partial charge in [0.05, 0.1) is 31.4 Å². The van der Waals surface area contributed by atoms with Crippen LogP contribution in [0.1, 0.15) is 38.8 Å². The zero-order valence-corrected chi connectivity index (χ0v) is 18.7. The average Bonchev–Trinajstić information content (AvgIpc) is 3.20. The maximum atomic E-state index is 13.7. The molecule has 2 aromatic heterocycles. The molecule has 0 aliphatic carbocycles. The van der Waals surface area contributed by atoms with E-state index in [1.807, 2.05) is 17.1 Å². The smallest absolute Gasteiger partial charge is 0.250 e. The third-order valence-corrected chi connectivity index (χ3v) is 6.51. The molecular formula is C23H30FN5O2. The lowest BCUT2D eigenvalue weighted by molar-refractivity contribution is 0.0895. The lowest BCUT2D eigenvalue weighted by atomic mass is 9.99. The average molecular weight is 428 g/mol. The molecule has 3 heterocycles. The first-order chi connectivity index (χ1) is 14.8. The molecule has 3 aromatic rings. The summed E-state index contributed by atoms with van der Waals surface area (Å²) in [4.78, 5) is 16.3. The second-order valence-electron chi connectivity index (χ2n) is 8.34. The van der Waals surface area contributed by atoms with Crippen LogP contribution in [-0.4, -0.2) is 51.6 Å². The summed E-state index contributed by atoms with van der Waals surface area (Å²) in [5.41, 5.74) is 2.56. The maximum absolute atomic E-state index is 13.7. The van der Waals surface area contributed by atoms with Crippen molar-refractivity contribution in [2.75, 3.05) is 25.2 Å². The summed E-state index contributed by atoms with van der Waals surface area (Å²) in [5.74, 6) is 0.287. The van der Waals surface area contributed by atoms with Gasteiger partial charge in [0.25, 0.3) is 5.56 Å². The van der Waals surface area contributed by atoms with Gasteiger partial charge in [0.15, 0.2) is 0 Å². The Kier molecular flexibility index (Phi) is 5.75. The number of ether oxygens (including phenoxy) is 1. The Labute approximate surface area is 181 Å². The van der Waals surface area contributed by atoms with E-state index in [2.05, 4.69) is 30.7 Å². The number of pyridine rings is 1. The highest BCUT2D eigenvalue weighted by Gasteiger charge is 2.35. The largest absolute Gasteiger partial charge is 0.496 e. The number of methoxy groups -OCH3 is 1. The van der Waals surface area contributed by atoms with Gasteiger partial charge in [0.2, 0.25) is 0 Å². The molecule has 0 amide bonds. The minimum Gasteiger partial charge on any atom is -0.496 e. The Morgan fingerprint density at radius 2 is 2.03 bits per heavy atom. The first kappa shape index (κ1) is 21.4. The van der Waals surface area contributed by atoms with Crippen molar-refractivity contribution in [3.05, 3.63) is 58.3 Å². The quantitative estimate of drug-likeness (QED) is 0.627. The molecule has 4 rings (SSSR count). The number of benzene rings is 1. The second-order valence-corrected chi connectivity index (χ2v) is 8.34. The molecule has 1 aliphatic rings. The number of halogens is 1. The monoisotopic (exact) mass is 427 g/mol. The molecule has 1 aromatic carbocycles. The highest BCUT2D eigenvalue weighted by molar-refractivity contribution is 5.73. The predicted molar refractivity (Wildman–Crippen MR) is 120 cm³/mol. The Hall–Kier alpha value is -2.87. The van der Waals surface area contributed by atoms with E-state index >= 15 is 0 Å². The molecule has 31 heavy (non-hydrogen) atoms. The number of aromatic nitrogens is 3. The summed E-state index contributed by atoms with van der Waals surface area (Å²) >= 11 is 0. The van der Waals surface area contributed by atoms with Crippen molar-refractivity contribution in [1.29, 1.82) is 0 Å². The van der Waals surface area contributed by atoms with Crippen LogP contribution in [0, 0.1) is 5.82 Å². The molecule has 1 aliphatic heterocycles. The van der Waals surface area contributed by atoms with Crippen LogP contribution < -0.4 is 15.3 Å². The molecule has 0 bridgehead atoms. The lowest BCUT2D eigenvalue weighted by Gasteiger charge is -2.48. The van der Waals surface area contributed by atoms with Crippen molar-refractivity contribution in [2.24, 2.45) is 7.05 Å². The zero-order valence-electron chi connectivity index (χ0n) is 18.7. The van der Waals surface area contributed by atoms with Gasteiger partial charge in [-0.3, -0.25) is 14.7 Å². The first-order valence-electron chi connectivity index (χ1n) is 10.8. The van der Waals surface area contributed by atoms with Crippen LogP contribution in [0.4, 0.5) is 4.39 Å². The number of aryl methyl sites for hydroxylation is 1. The minimum atomic E-state index is -0.293. The minimum absolute atomic E-state index is 0.0431. The fraction of sp³-hybridized carbons (Fsp3) is 0.478. The van der Waals surface area contributed by atoms with Crippen molar-refractivity contribution in [3.8, 4) is 5.75 Å². The summed E-state index contributed by atoms with van der Waals surface area (Å²) in [5, 5.41) is 6.98. The third-order valence-electron chi connectivity index (χ3n) is 6.51. The summed E-state index contributed by atoms with van der Waals surface area (Å²) in [7, 11) is 3.35. The highest BCUT2D eigenvalue weighted by atomic mass is 19.1. The highest BCUT2D eigenvalue weighted by Crippen LogP contribution is 2.33. The van der Waals surface area contributed by atoms with Crippen LogP contribution in [0.25, 0.3) is 11.0 Å². The van der Waals surface area contributed by atoms with Gasteiger partial charge in [0.1, 0.15) is 17.1 Å². The van der Waals surface area contributed by atoms with E-state index in [0.717, 1.165) is 36.1 Å². The van der Waals surface area contributed by atoms with Crippen LogP contribution >= 0.6 is 0 Å². The van der Waals surface area contributed by atoms with E-state index in [0.29, 0.717) is 5.75 Å². The molecule has 166 valence electrons. The van der Waals surface area contributed by atoms with Crippen LogP contribution in [0.3, 0.4) is 0 Å². The Bertz CT molecular complexity index is 1140. The zero-order chi connectivity index (χ0) is 22.3. The van der Waals surface area contributed by atoms with Crippen LogP contribution in [0.15, 0.2) is 41.3 Å². The second kappa shape index (κ2) is 8.34. The summed E-state index contributed by atoms with van der Waals surface area (Å²) in [6.07, 6.45) is 2.90. The van der Waals surface area contributed by atoms with Gasteiger partial charge in [-0.25, -0.2) is 4.39 Å². The fourth-order valence-electron chi connectivity index (χ4n) is 4.64. The summed E-state index contributed by atoms with van der Waals surface area (Å²) in [6.45, 7) is 8.14. The van der Waals surface area contributed by atoms with Crippen molar-refractivity contribution < 1.29 is 9.13 Å². The molecule has 0 saturated carbocycles. The summed E-state index contributed by atoms with van der Waals surface area (Å²) in [6, 6.07) is 8.66. The molecule has 0 spiro atoms. The Morgan fingerprint density at radius 3 is 2.74 bits per heavy atom. The first-order valence-corrected chi connectivity index (χ1v) is 10.8. The van der Waals surface area contributed by atoms with E-state index < -0.39 is 0 Å². The van der Waals surface area contributed by atoms with E-state index in [1.54, 1.807) is 30.9 Å². The van der Waals surface area contributed by atoms with E-state index in [1.165, 1.54) is 12.1 Å². The van der Waals surface area contributed by atoms with Crippen LogP contribution in [0.5, 0.6) is 5.75 Å². The molecule has 1 unspecified atom stereocenters. The third kappa shape index (κ3) is 3.80. The Morgan fingerprint density at radius 1 is 1.26 bits per heavy atom. The van der Waals surface area contributed by atoms with Gasteiger partial charge >= 0.3 is 0 Å². The van der Waals surface area contributed by atoms with Crippen molar-refractivity contribution >= 4 is 11.0 Å². The van der Waals surface area contributed by atoms with Crippen molar-refractivity contribution in [3.63, 3.8) is 0 Å². The topological polar surface area (TPSA) is 55.5 Å². The number of piperazine rings is 1. The normalized spacial score (nSPS) is 20.9. The van der Waals surface area contributed by atoms with Gasteiger partial charge < -0.3 is 9.30 Å². The number of hydrogen-bond acceptors (Lipinski definition) is 5. The van der Waals surface area contributed by atoms with E-state index in [4.69, 9.17) is 9.84 Å². The lowest BCUT2D eigenvalue weighted by Crippen LogP contribution is -2.61. The van der Waals surface area contributed by atoms with E-state index in [9.17, 15) is 9.18 Å². The molecule has 0 N–H and O–H groups in total. The standard InChI is InChI=1S/C23H30FN5O2/c1-6-18-13-28(29-14-21-20(25-29)9-10-23(30)26(21)4)15(2)12-27(18)16(3)19-8-7-17(24)11-22(19)31-5/h7-11,14-16,18H,6,12-13H2,1-5H3/t15-,16?,18+/m0/s1. The van der Waals surface area contributed by atoms with Crippen LogP contribution in [-0.2, 0) is 7.05 Å². The number of nitrogens with zero attached hydrogens (tertiary/aromatic N) is 5.